The number of aryl methyl sites for hydroxylation is 1. The topological polar surface area (TPSA) is 64.6 Å². The zero-order valence-corrected chi connectivity index (χ0v) is 15.9. The third-order valence-corrected chi connectivity index (χ3v) is 4.15. The fourth-order valence-corrected chi connectivity index (χ4v) is 2.62. The van der Waals surface area contributed by atoms with E-state index in [-0.39, 0.29) is 5.56 Å². The van der Waals surface area contributed by atoms with Gasteiger partial charge in [0, 0.05) is 5.69 Å². The van der Waals surface area contributed by atoms with Crippen molar-refractivity contribution in [3.63, 3.8) is 0 Å². The molecule has 0 heterocycles. The lowest BCUT2D eigenvalue weighted by atomic mass is 10.2. The molecule has 3 rings (SSSR count). The van der Waals surface area contributed by atoms with Crippen molar-refractivity contribution in [1.82, 2.24) is 0 Å². The summed E-state index contributed by atoms with van der Waals surface area (Å²) in [5, 5.41) is 2.53. The van der Waals surface area contributed by atoms with Crippen LogP contribution < -0.4 is 10.1 Å². The highest BCUT2D eigenvalue weighted by atomic mass is 19.1. The van der Waals surface area contributed by atoms with Crippen LogP contribution in [0.5, 0.6) is 5.75 Å². The molecule has 0 bridgehead atoms. The number of amides is 1. The number of anilines is 1. The van der Waals surface area contributed by atoms with E-state index in [2.05, 4.69) is 5.32 Å². The molecule has 3 aromatic carbocycles. The van der Waals surface area contributed by atoms with Crippen LogP contribution in [0, 0.1) is 12.7 Å². The fraction of sp³-hybridized carbons (Fsp3) is 0.130. The van der Waals surface area contributed by atoms with E-state index in [0.29, 0.717) is 23.6 Å². The molecule has 0 saturated heterocycles. The van der Waals surface area contributed by atoms with Crippen molar-refractivity contribution in [2.45, 2.75) is 13.5 Å². The van der Waals surface area contributed by atoms with Crippen LogP contribution in [0.25, 0.3) is 0 Å². The van der Waals surface area contributed by atoms with Gasteiger partial charge in [-0.05, 0) is 42.3 Å². The largest absolute Gasteiger partial charge is 0.488 e. The van der Waals surface area contributed by atoms with Gasteiger partial charge in [-0.2, -0.15) is 0 Å². The van der Waals surface area contributed by atoms with Crippen molar-refractivity contribution in [3.8, 4) is 5.75 Å². The third-order valence-electron chi connectivity index (χ3n) is 4.15. The first-order valence-corrected chi connectivity index (χ1v) is 9.02. The van der Waals surface area contributed by atoms with Gasteiger partial charge in [-0.25, -0.2) is 9.18 Å². The number of esters is 1. The lowest BCUT2D eigenvalue weighted by molar-refractivity contribution is -0.119. The second kappa shape index (κ2) is 9.50. The summed E-state index contributed by atoms with van der Waals surface area (Å²) in [7, 11) is 0. The maximum Gasteiger partial charge on any atom is 0.342 e. The molecule has 0 spiro atoms. The van der Waals surface area contributed by atoms with Crippen LogP contribution in [0.3, 0.4) is 0 Å². The van der Waals surface area contributed by atoms with Gasteiger partial charge in [0.15, 0.2) is 6.61 Å². The zero-order valence-electron chi connectivity index (χ0n) is 15.9. The minimum absolute atomic E-state index is 0.221. The van der Waals surface area contributed by atoms with Gasteiger partial charge >= 0.3 is 5.97 Å². The van der Waals surface area contributed by atoms with Crippen molar-refractivity contribution in [2.24, 2.45) is 0 Å². The molecule has 0 aromatic heterocycles. The van der Waals surface area contributed by atoms with Gasteiger partial charge in [-0.3, -0.25) is 4.79 Å². The Balaban J connectivity index is 1.59. The molecule has 0 fully saturated rings. The number of hydrogen-bond donors (Lipinski definition) is 1. The van der Waals surface area contributed by atoms with Crippen LogP contribution in [0.4, 0.5) is 10.1 Å². The Morgan fingerprint density at radius 1 is 0.966 bits per heavy atom. The monoisotopic (exact) mass is 393 g/mol. The van der Waals surface area contributed by atoms with Gasteiger partial charge in [0.1, 0.15) is 23.7 Å². The second-order valence-corrected chi connectivity index (χ2v) is 6.35. The highest BCUT2D eigenvalue weighted by Gasteiger charge is 2.16. The summed E-state index contributed by atoms with van der Waals surface area (Å²) in [6.07, 6.45) is 0. The molecular weight excluding hydrogens is 373 g/mol. The first-order chi connectivity index (χ1) is 14.0. The second-order valence-electron chi connectivity index (χ2n) is 6.35. The molecule has 0 atom stereocenters. The molecule has 1 amide bonds. The van der Waals surface area contributed by atoms with Crippen molar-refractivity contribution in [3.05, 3.63) is 95.3 Å². The molecule has 1 N–H and O–H groups in total. The third kappa shape index (κ3) is 5.65. The van der Waals surface area contributed by atoms with E-state index in [1.807, 2.05) is 30.3 Å². The number of nitrogens with one attached hydrogen (secondary N) is 1. The minimum Gasteiger partial charge on any atom is -0.488 e. The van der Waals surface area contributed by atoms with Gasteiger partial charge < -0.3 is 14.8 Å². The van der Waals surface area contributed by atoms with Crippen LogP contribution in [-0.4, -0.2) is 18.5 Å². The molecule has 0 unspecified atom stereocenters. The van der Waals surface area contributed by atoms with Crippen LogP contribution >= 0.6 is 0 Å². The van der Waals surface area contributed by atoms with E-state index in [9.17, 15) is 14.0 Å². The molecular formula is C23H20FNO4. The molecule has 0 aliphatic carbocycles. The van der Waals surface area contributed by atoms with E-state index in [1.165, 1.54) is 12.1 Å². The van der Waals surface area contributed by atoms with Crippen molar-refractivity contribution in [2.75, 3.05) is 11.9 Å². The molecule has 0 saturated carbocycles. The summed E-state index contributed by atoms with van der Waals surface area (Å²) >= 11 is 0. The van der Waals surface area contributed by atoms with Gasteiger partial charge in [-0.1, -0.05) is 48.5 Å². The number of para-hydroxylation sites is 1. The van der Waals surface area contributed by atoms with E-state index in [1.54, 1.807) is 37.3 Å². The van der Waals surface area contributed by atoms with Crippen molar-refractivity contribution < 1.29 is 23.5 Å². The molecule has 3 aromatic rings. The molecule has 29 heavy (non-hydrogen) atoms. The Morgan fingerprint density at radius 2 is 1.69 bits per heavy atom. The summed E-state index contributed by atoms with van der Waals surface area (Å²) in [4.78, 5) is 24.5. The number of halogens is 1. The van der Waals surface area contributed by atoms with Crippen molar-refractivity contribution >= 4 is 17.6 Å². The van der Waals surface area contributed by atoms with E-state index in [0.717, 1.165) is 5.56 Å². The predicted octanol–water partition coefficient (Wildman–Crippen LogP) is 4.51. The summed E-state index contributed by atoms with van der Waals surface area (Å²) in [6, 6.07) is 20.3. The fourth-order valence-electron chi connectivity index (χ4n) is 2.62. The molecule has 5 nitrogen and oxygen atoms in total. The van der Waals surface area contributed by atoms with Crippen LogP contribution in [-0.2, 0) is 16.1 Å². The Kier molecular flexibility index (Phi) is 6.58. The van der Waals surface area contributed by atoms with Crippen molar-refractivity contribution in [1.29, 1.82) is 0 Å². The van der Waals surface area contributed by atoms with E-state index in [4.69, 9.17) is 9.47 Å². The average Bonchev–Trinajstić information content (AvgIpc) is 2.74. The number of rotatable bonds is 7. The van der Waals surface area contributed by atoms with Crippen LogP contribution in [0.15, 0.2) is 72.8 Å². The summed E-state index contributed by atoms with van der Waals surface area (Å²) in [5.74, 6) is -1.34. The Bertz CT molecular complexity index is 1000. The lowest BCUT2D eigenvalue weighted by Gasteiger charge is -2.12. The zero-order chi connectivity index (χ0) is 20.6. The molecule has 0 radical (unpaired) electrons. The summed E-state index contributed by atoms with van der Waals surface area (Å²) in [6.45, 7) is 1.54. The summed E-state index contributed by atoms with van der Waals surface area (Å²) < 4.78 is 24.2. The van der Waals surface area contributed by atoms with Gasteiger partial charge in [0.05, 0.1) is 0 Å². The number of carbonyl (C=O) groups excluding carboxylic acids is 2. The highest BCUT2D eigenvalue weighted by Crippen LogP contribution is 2.21. The van der Waals surface area contributed by atoms with Gasteiger partial charge in [0.25, 0.3) is 5.91 Å². The molecule has 0 aliphatic heterocycles. The quantitative estimate of drug-likeness (QED) is 0.600. The number of hydrogen-bond acceptors (Lipinski definition) is 4. The average molecular weight is 393 g/mol. The Hall–Kier alpha value is -3.67. The first kappa shape index (κ1) is 20.1. The maximum atomic E-state index is 13.3. The highest BCUT2D eigenvalue weighted by molar-refractivity contribution is 5.97. The van der Waals surface area contributed by atoms with Crippen LogP contribution in [0.1, 0.15) is 21.5 Å². The van der Waals surface area contributed by atoms with Gasteiger partial charge in [0.2, 0.25) is 0 Å². The smallest absolute Gasteiger partial charge is 0.342 e. The maximum absolute atomic E-state index is 13.3. The Labute approximate surface area is 168 Å². The Morgan fingerprint density at radius 3 is 2.48 bits per heavy atom. The van der Waals surface area contributed by atoms with Gasteiger partial charge in [-0.15, -0.1) is 0 Å². The minimum atomic E-state index is -0.681. The molecule has 0 aliphatic rings. The SMILES string of the molecule is Cc1ccc(F)cc1NC(=O)COC(=O)c1ccccc1OCc1ccccc1. The summed E-state index contributed by atoms with van der Waals surface area (Å²) in [5.41, 5.74) is 2.21. The molecule has 148 valence electrons. The van der Waals surface area contributed by atoms with E-state index < -0.39 is 24.3 Å². The lowest BCUT2D eigenvalue weighted by Crippen LogP contribution is -2.21. The predicted molar refractivity (Wildman–Crippen MR) is 107 cm³/mol. The van der Waals surface area contributed by atoms with E-state index >= 15 is 0 Å². The van der Waals surface area contributed by atoms with Crippen LogP contribution in [0.2, 0.25) is 0 Å². The number of ether oxygens (including phenoxy) is 2. The molecule has 6 heteroatoms. The first-order valence-electron chi connectivity index (χ1n) is 9.02. The number of benzene rings is 3. The normalized spacial score (nSPS) is 10.3. The standard InChI is InChI=1S/C23H20FNO4/c1-16-11-12-18(24)13-20(16)25-22(26)15-29-23(27)19-9-5-6-10-21(19)28-14-17-7-3-2-4-8-17/h2-13H,14-15H2,1H3,(H,25,26). The number of carbonyl (C=O) groups is 2.